The quantitative estimate of drug-likeness (QED) is 0.786. The molecule has 1 fully saturated rings. The Labute approximate surface area is 101 Å². The first kappa shape index (κ1) is 11.7. The SMILES string of the molecule is CC1CN(c2ncc(N)cc2C#N)CCCO1. The number of nitrogen functional groups attached to an aromatic ring is 1. The molecule has 0 amide bonds. The number of rotatable bonds is 1. The first-order valence-corrected chi connectivity index (χ1v) is 5.73. The van der Waals surface area contributed by atoms with Gasteiger partial charge in [0, 0.05) is 19.7 Å². The summed E-state index contributed by atoms with van der Waals surface area (Å²) in [6.45, 7) is 4.40. The van der Waals surface area contributed by atoms with E-state index in [0.717, 1.165) is 26.1 Å². The fourth-order valence-corrected chi connectivity index (χ4v) is 1.99. The van der Waals surface area contributed by atoms with E-state index in [0.29, 0.717) is 17.1 Å². The molecule has 1 aliphatic heterocycles. The molecule has 1 aromatic heterocycles. The van der Waals surface area contributed by atoms with Crippen molar-refractivity contribution in [2.45, 2.75) is 19.4 Å². The fourth-order valence-electron chi connectivity index (χ4n) is 1.99. The lowest BCUT2D eigenvalue weighted by Gasteiger charge is -2.24. The van der Waals surface area contributed by atoms with Gasteiger partial charge in [0.15, 0.2) is 0 Å². The lowest BCUT2D eigenvalue weighted by atomic mass is 10.2. The van der Waals surface area contributed by atoms with Crippen LogP contribution in [0, 0.1) is 11.3 Å². The molecule has 17 heavy (non-hydrogen) atoms. The van der Waals surface area contributed by atoms with Crippen molar-refractivity contribution in [2.24, 2.45) is 0 Å². The molecule has 0 spiro atoms. The largest absolute Gasteiger partial charge is 0.397 e. The van der Waals surface area contributed by atoms with Crippen molar-refractivity contribution in [3.63, 3.8) is 0 Å². The second-order valence-electron chi connectivity index (χ2n) is 4.23. The number of pyridine rings is 1. The Hall–Kier alpha value is -1.80. The second kappa shape index (κ2) is 5.02. The monoisotopic (exact) mass is 232 g/mol. The Kier molecular flexibility index (Phi) is 3.45. The Morgan fingerprint density at radius 2 is 2.47 bits per heavy atom. The van der Waals surface area contributed by atoms with Gasteiger partial charge in [-0.05, 0) is 19.4 Å². The molecule has 1 atom stereocenters. The first-order chi connectivity index (χ1) is 8.20. The topological polar surface area (TPSA) is 75.2 Å². The minimum Gasteiger partial charge on any atom is -0.397 e. The molecule has 0 saturated carbocycles. The third kappa shape index (κ3) is 2.66. The molecule has 0 radical (unpaired) electrons. The highest BCUT2D eigenvalue weighted by Gasteiger charge is 2.19. The first-order valence-electron chi connectivity index (χ1n) is 5.73. The van der Waals surface area contributed by atoms with Gasteiger partial charge >= 0.3 is 0 Å². The van der Waals surface area contributed by atoms with E-state index in [1.165, 1.54) is 0 Å². The zero-order valence-electron chi connectivity index (χ0n) is 9.89. The summed E-state index contributed by atoms with van der Waals surface area (Å²) in [6, 6.07) is 3.81. The van der Waals surface area contributed by atoms with E-state index in [1.54, 1.807) is 12.3 Å². The number of hydrogen-bond donors (Lipinski definition) is 1. The predicted molar refractivity (Wildman–Crippen MR) is 65.6 cm³/mol. The molecular formula is C12H16N4O. The van der Waals surface area contributed by atoms with Crippen LogP contribution in [0.1, 0.15) is 18.9 Å². The summed E-state index contributed by atoms with van der Waals surface area (Å²) in [6.07, 6.45) is 2.69. The van der Waals surface area contributed by atoms with Gasteiger partial charge in [0.1, 0.15) is 11.9 Å². The molecular weight excluding hydrogens is 216 g/mol. The summed E-state index contributed by atoms with van der Waals surface area (Å²) >= 11 is 0. The smallest absolute Gasteiger partial charge is 0.146 e. The summed E-state index contributed by atoms with van der Waals surface area (Å²) in [7, 11) is 0. The summed E-state index contributed by atoms with van der Waals surface area (Å²) in [4.78, 5) is 6.36. The number of nitrogens with zero attached hydrogens (tertiary/aromatic N) is 3. The number of nitriles is 1. The Balaban J connectivity index is 2.29. The zero-order chi connectivity index (χ0) is 12.3. The van der Waals surface area contributed by atoms with Crippen LogP contribution in [0.5, 0.6) is 0 Å². The molecule has 0 aliphatic carbocycles. The maximum atomic E-state index is 9.11. The number of nitrogens with two attached hydrogens (primary N) is 1. The van der Waals surface area contributed by atoms with Gasteiger partial charge in [-0.15, -0.1) is 0 Å². The van der Waals surface area contributed by atoms with Crippen molar-refractivity contribution < 1.29 is 4.74 Å². The maximum Gasteiger partial charge on any atom is 0.146 e. The van der Waals surface area contributed by atoms with Gasteiger partial charge in [0.05, 0.1) is 23.6 Å². The van der Waals surface area contributed by atoms with Crippen molar-refractivity contribution in [2.75, 3.05) is 30.3 Å². The lowest BCUT2D eigenvalue weighted by molar-refractivity contribution is 0.0820. The molecule has 5 nitrogen and oxygen atoms in total. The summed E-state index contributed by atoms with van der Waals surface area (Å²) < 4.78 is 5.57. The van der Waals surface area contributed by atoms with Crippen LogP contribution in [-0.4, -0.2) is 30.8 Å². The van der Waals surface area contributed by atoms with Gasteiger partial charge in [-0.1, -0.05) is 0 Å². The number of aromatic nitrogens is 1. The zero-order valence-corrected chi connectivity index (χ0v) is 9.89. The maximum absolute atomic E-state index is 9.11. The van der Waals surface area contributed by atoms with Crippen molar-refractivity contribution in [3.8, 4) is 6.07 Å². The van der Waals surface area contributed by atoms with Crippen molar-refractivity contribution in [1.82, 2.24) is 4.98 Å². The highest BCUT2D eigenvalue weighted by atomic mass is 16.5. The summed E-state index contributed by atoms with van der Waals surface area (Å²) in [5.74, 6) is 0.707. The normalized spacial score (nSPS) is 20.7. The van der Waals surface area contributed by atoms with Gasteiger partial charge in [-0.2, -0.15) is 5.26 Å². The molecule has 1 saturated heterocycles. The average Bonchev–Trinajstić information content (AvgIpc) is 2.53. The van der Waals surface area contributed by atoms with E-state index in [9.17, 15) is 0 Å². The van der Waals surface area contributed by atoms with Crippen LogP contribution < -0.4 is 10.6 Å². The van der Waals surface area contributed by atoms with E-state index >= 15 is 0 Å². The third-order valence-corrected chi connectivity index (χ3v) is 2.76. The van der Waals surface area contributed by atoms with Crippen LogP contribution in [0.3, 0.4) is 0 Å². The molecule has 1 unspecified atom stereocenters. The Morgan fingerprint density at radius 3 is 3.24 bits per heavy atom. The van der Waals surface area contributed by atoms with Crippen LogP contribution in [0.25, 0.3) is 0 Å². The molecule has 90 valence electrons. The van der Waals surface area contributed by atoms with Crippen LogP contribution in [-0.2, 0) is 4.74 Å². The fraction of sp³-hybridized carbons (Fsp3) is 0.500. The summed E-state index contributed by atoms with van der Waals surface area (Å²) in [5, 5.41) is 9.11. The van der Waals surface area contributed by atoms with E-state index in [1.807, 2.05) is 6.92 Å². The number of hydrogen-bond acceptors (Lipinski definition) is 5. The minimum absolute atomic E-state index is 0.156. The van der Waals surface area contributed by atoms with Crippen LogP contribution in [0.2, 0.25) is 0 Å². The Bertz CT molecular complexity index is 441. The van der Waals surface area contributed by atoms with Crippen LogP contribution in [0.15, 0.2) is 12.3 Å². The Morgan fingerprint density at radius 1 is 1.65 bits per heavy atom. The summed E-state index contributed by atoms with van der Waals surface area (Å²) in [5.41, 5.74) is 6.68. The van der Waals surface area contributed by atoms with E-state index in [2.05, 4.69) is 16.0 Å². The van der Waals surface area contributed by atoms with Gasteiger partial charge in [0.25, 0.3) is 0 Å². The van der Waals surface area contributed by atoms with E-state index in [-0.39, 0.29) is 6.10 Å². The van der Waals surface area contributed by atoms with Gasteiger partial charge < -0.3 is 15.4 Å². The molecule has 2 N–H and O–H groups in total. The van der Waals surface area contributed by atoms with Gasteiger partial charge in [-0.25, -0.2) is 4.98 Å². The van der Waals surface area contributed by atoms with Crippen molar-refractivity contribution >= 4 is 11.5 Å². The standard InChI is InChI=1S/C12H16N4O/c1-9-8-16(3-2-4-17-9)12-10(6-13)5-11(14)7-15-12/h5,7,9H,2-4,8,14H2,1H3. The molecule has 1 aromatic rings. The lowest BCUT2D eigenvalue weighted by Crippen LogP contribution is -2.31. The van der Waals surface area contributed by atoms with Crippen LogP contribution >= 0.6 is 0 Å². The minimum atomic E-state index is 0.156. The van der Waals surface area contributed by atoms with Gasteiger partial charge in [0.2, 0.25) is 0 Å². The molecule has 5 heteroatoms. The second-order valence-corrected chi connectivity index (χ2v) is 4.23. The molecule has 2 rings (SSSR count). The van der Waals surface area contributed by atoms with Gasteiger partial charge in [-0.3, -0.25) is 0 Å². The molecule has 1 aliphatic rings. The van der Waals surface area contributed by atoms with Crippen molar-refractivity contribution in [1.29, 1.82) is 5.26 Å². The third-order valence-electron chi connectivity index (χ3n) is 2.76. The molecule has 0 bridgehead atoms. The van der Waals surface area contributed by atoms with E-state index in [4.69, 9.17) is 15.7 Å². The molecule has 0 aromatic carbocycles. The number of ether oxygens (including phenoxy) is 1. The predicted octanol–water partition coefficient (Wildman–Crippen LogP) is 1.15. The number of anilines is 2. The van der Waals surface area contributed by atoms with Crippen molar-refractivity contribution in [3.05, 3.63) is 17.8 Å². The molecule has 2 heterocycles. The highest BCUT2D eigenvalue weighted by molar-refractivity contribution is 5.58. The van der Waals surface area contributed by atoms with Crippen LogP contribution in [0.4, 0.5) is 11.5 Å². The average molecular weight is 232 g/mol. The van der Waals surface area contributed by atoms with E-state index < -0.39 is 0 Å². The highest BCUT2D eigenvalue weighted by Crippen LogP contribution is 2.21.